The predicted octanol–water partition coefficient (Wildman–Crippen LogP) is 3.28. The van der Waals surface area contributed by atoms with Gasteiger partial charge in [-0.3, -0.25) is 0 Å². The van der Waals surface area contributed by atoms with E-state index in [0.717, 1.165) is 16.3 Å². The highest BCUT2D eigenvalue weighted by molar-refractivity contribution is 7.11. The van der Waals surface area contributed by atoms with E-state index in [-0.39, 0.29) is 6.04 Å². The van der Waals surface area contributed by atoms with Crippen LogP contribution in [0.5, 0.6) is 0 Å². The van der Waals surface area contributed by atoms with E-state index in [4.69, 9.17) is 0 Å². The molecule has 3 aromatic heterocycles. The third kappa shape index (κ3) is 2.38. The molecule has 3 rings (SSSR count). The van der Waals surface area contributed by atoms with E-state index in [1.807, 2.05) is 39.1 Å². The molecule has 0 saturated heterocycles. The Balaban J connectivity index is 1.87. The summed E-state index contributed by atoms with van der Waals surface area (Å²) < 4.78 is 1.78. The van der Waals surface area contributed by atoms with Crippen LogP contribution in [0, 0.1) is 20.8 Å². The molecule has 5 nitrogen and oxygen atoms in total. The summed E-state index contributed by atoms with van der Waals surface area (Å²) in [6, 6.07) is 4.19. The van der Waals surface area contributed by atoms with Gasteiger partial charge in [0.25, 0.3) is 0 Å². The van der Waals surface area contributed by atoms with Crippen LogP contribution in [-0.2, 0) is 0 Å². The number of anilines is 1. The number of hydrogen-bond acceptors (Lipinski definition) is 5. The van der Waals surface area contributed by atoms with Gasteiger partial charge in [-0.05, 0) is 45.4 Å². The molecule has 0 radical (unpaired) electrons. The Morgan fingerprint density at radius 3 is 2.75 bits per heavy atom. The number of hydrogen-bond donors (Lipinski definition) is 1. The van der Waals surface area contributed by atoms with Crippen molar-refractivity contribution in [3.63, 3.8) is 0 Å². The van der Waals surface area contributed by atoms with Crippen molar-refractivity contribution in [3.05, 3.63) is 39.5 Å². The number of aromatic nitrogens is 4. The van der Waals surface area contributed by atoms with Crippen molar-refractivity contribution < 1.29 is 0 Å². The zero-order chi connectivity index (χ0) is 14.3. The van der Waals surface area contributed by atoms with Crippen molar-refractivity contribution in [2.24, 2.45) is 0 Å². The van der Waals surface area contributed by atoms with Gasteiger partial charge in [0.2, 0.25) is 5.95 Å². The van der Waals surface area contributed by atoms with Crippen LogP contribution < -0.4 is 5.32 Å². The first-order valence-corrected chi connectivity index (χ1v) is 7.38. The summed E-state index contributed by atoms with van der Waals surface area (Å²) in [5.74, 6) is 0.647. The second-order valence-corrected chi connectivity index (χ2v) is 6.23. The molecule has 20 heavy (non-hydrogen) atoms. The summed E-state index contributed by atoms with van der Waals surface area (Å²) in [6.07, 6.45) is 1.93. The molecule has 0 aliphatic heterocycles. The third-order valence-electron chi connectivity index (χ3n) is 3.17. The van der Waals surface area contributed by atoms with Gasteiger partial charge in [-0.1, -0.05) is 0 Å². The molecule has 3 aromatic rings. The molecule has 6 heteroatoms. The quantitative estimate of drug-likeness (QED) is 0.803. The van der Waals surface area contributed by atoms with Crippen molar-refractivity contribution in [3.8, 4) is 0 Å². The Morgan fingerprint density at radius 2 is 2.05 bits per heavy atom. The minimum atomic E-state index is 0.153. The lowest BCUT2D eigenvalue weighted by Crippen LogP contribution is -2.07. The maximum absolute atomic E-state index is 4.50. The Labute approximate surface area is 121 Å². The van der Waals surface area contributed by atoms with E-state index >= 15 is 0 Å². The number of rotatable bonds is 3. The molecule has 0 fully saturated rings. The lowest BCUT2D eigenvalue weighted by molar-refractivity contribution is 0.857. The topological polar surface area (TPSA) is 55.1 Å². The molecule has 0 bridgehead atoms. The molecule has 0 spiro atoms. The van der Waals surface area contributed by atoms with E-state index in [2.05, 4.69) is 27.3 Å². The number of fused-ring (bicyclic) bond motifs is 1. The normalized spacial score (nSPS) is 12.8. The maximum Gasteiger partial charge on any atom is 0.243 e. The first-order valence-electron chi connectivity index (χ1n) is 6.56. The Kier molecular flexibility index (Phi) is 3.17. The van der Waals surface area contributed by atoms with E-state index in [1.165, 1.54) is 10.4 Å². The minimum Gasteiger partial charge on any atom is -0.346 e. The number of thiazole rings is 1. The number of nitrogens with zero attached hydrogens (tertiary/aromatic N) is 4. The zero-order valence-corrected chi connectivity index (χ0v) is 12.8. The fraction of sp³-hybridized carbons (Fsp3) is 0.357. The fourth-order valence-electron chi connectivity index (χ4n) is 2.25. The number of nitrogens with one attached hydrogen (secondary N) is 1. The van der Waals surface area contributed by atoms with Gasteiger partial charge in [0, 0.05) is 11.1 Å². The molecule has 0 aliphatic rings. The summed E-state index contributed by atoms with van der Waals surface area (Å²) in [6.45, 7) is 8.22. The third-order valence-corrected chi connectivity index (χ3v) is 4.43. The largest absolute Gasteiger partial charge is 0.346 e. The molecule has 1 atom stereocenters. The SMILES string of the molecule is Cc1ccn2nc(NC(C)c3sc(C)nc3C)nc2c1. The average Bonchev–Trinajstić information content (AvgIpc) is 2.91. The van der Waals surface area contributed by atoms with Gasteiger partial charge in [0.15, 0.2) is 5.65 Å². The second kappa shape index (κ2) is 4.86. The van der Waals surface area contributed by atoms with Crippen LogP contribution in [0.1, 0.15) is 34.1 Å². The second-order valence-electron chi connectivity index (χ2n) is 4.99. The van der Waals surface area contributed by atoms with Gasteiger partial charge in [-0.2, -0.15) is 4.98 Å². The summed E-state index contributed by atoms with van der Waals surface area (Å²) in [7, 11) is 0. The number of aryl methyl sites for hydroxylation is 3. The van der Waals surface area contributed by atoms with Crippen LogP contribution in [-0.4, -0.2) is 19.6 Å². The van der Waals surface area contributed by atoms with Gasteiger partial charge >= 0.3 is 0 Å². The lowest BCUT2D eigenvalue weighted by atomic mass is 10.2. The highest BCUT2D eigenvalue weighted by atomic mass is 32.1. The summed E-state index contributed by atoms with van der Waals surface area (Å²) >= 11 is 1.72. The molecule has 0 aromatic carbocycles. The highest BCUT2D eigenvalue weighted by Crippen LogP contribution is 2.26. The molecular weight excluding hydrogens is 270 g/mol. The minimum absolute atomic E-state index is 0.153. The molecule has 104 valence electrons. The zero-order valence-electron chi connectivity index (χ0n) is 12.0. The first-order chi connectivity index (χ1) is 9.52. The molecule has 0 aliphatic carbocycles. The average molecular weight is 287 g/mol. The monoisotopic (exact) mass is 287 g/mol. The van der Waals surface area contributed by atoms with Gasteiger partial charge in [0.05, 0.1) is 16.7 Å². The molecule has 0 amide bonds. The highest BCUT2D eigenvalue weighted by Gasteiger charge is 2.14. The van der Waals surface area contributed by atoms with E-state index in [9.17, 15) is 0 Å². The van der Waals surface area contributed by atoms with E-state index < -0.39 is 0 Å². The molecule has 1 unspecified atom stereocenters. The van der Waals surface area contributed by atoms with Crippen molar-refractivity contribution in [2.75, 3.05) is 5.32 Å². The smallest absolute Gasteiger partial charge is 0.243 e. The van der Waals surface area contributed by atoms with Crippen LogP contribution in [0.15, 0.2) is 18.3 Å². The van der Waals surface area contributed by atoms with E-state index in [1.54, 1.807) is 15.9 Å². The Bertz CT molecular complexity index is 758. The predicted molar refractivity (Wildman–Crippen MR) is 81.3 cm³/mol. The van der Waals surface area contributed by atoms with Gasteiger partial charge in [0.1, 0.15) is 0 Å². The summed E-state index contributed by atoms with van der Waals surface area (Å²) in [4.78, 5) is 10.2. The van der Waals surface area contributed by atoms with Crippen LogP contribution in [0.3, 0.4) is 0 Å². The molecule has 1 N–H and O–H groups in total. The summed E-state index contributed by atoms with van der Waals surface area (Å²) in [5.41, 5.74) is 3.11. The Morgan fingerprint density at radius 1 is 1.25 bits per heavy atom. The maximum atomic E-state index is 4.50. The Hall–Kier alpha value is -1.95. The van der Waals surface area contributed by atoms with Crippen LogP contribution >= 0.6 is 11.3 Å². The summed E-state index contributed by atoms with van der Waals surface area (Å²) in [5, 5.41) is 8.87. The first kappa shape index (κ1) is 13.1. The number of pyridine rings is 1. The molecule has 0 saturated carbocycles. The molecule has 3 heterocycles. The van der Waals surface area contributed by atoms with Crippen molar-refractivity contribution in [1.82, 2.24) is 19.6 Å². The van der Waals surface area contributed by atoms with E-state index in [0.29, 0.717) is 5.95 Å². The fourth-order valence-corrected chi connectivity index (χ4v) is 3.18. The van der Waals surface area contributed by atoms with Gasteiger partial charge < -0.3 is 5.32 Å². The lowest BCUT2D eigenvalue weighted by Gasteiger charge is -2.10. The van der Waals surface area contributed by atoms with Crippen LogP contribution in [0.4, 0.5) is 5.95 Å². The molecular formula is C14H17N5S. The van der Waals surface area contributed by atoms with Crippen LogP contribution in [0.25, 0.3) is 5.65 Å². The van der Waals surface area contributed by atoms with Gasteiger partial charge in [-0.15, -0.1) is 16.4 Å². The van der Waals surface area contributed by atoms with Gasteiger partial charge in [-0.25, -0.2) is 9.50 Å². The van der Waals surface area contributed by atoms with Crippen molar-refractivity contribution in [2.45, 2.75) is 33.7 Å². The van der Waals surface area contributed by atoms with Crippen molar-refractivity contribution in [1.29, 1.82) is 0 Å². The standard InChI is InChI=1S/C14H17N5S/c1-8-5-6-19-12(7-8)17-14(18-19)16-10(3)13-9(2)15-11(4)20-13/h5-7,10H,1-4H3,(H,16,18). The van der Waals surface area contributed by atoms with Crippen LogP contribution in [0.2, 0.25) is 0 Å². The van der Waals surface area contributed by atoms with Crippen molar-refractivity contribution >= 4 is 22.9 Å².